The number of carbonyl (C=O) groups is 1. The molecule has 0 atom stereocenters. The normalized spacial score (nSPS) is 10.2. The van der Waals surface area contributed by atoms with Crippen molar-refractivity contribution in [3.05, 3.63) is 68.5 Å². The topological polar surface area (TPSA) is 72.2 Å². The molecule has 0 spiro atoms. The number of aryl methyl sites for hydroxylation is 1. The smallest absolute Gasteiger partial charge is 0.304 e. The molecular weight excluding hydrogens is 299 g/mol. The van der Waals surface area contributed by atoms with Crippen LogP contribution in [0.1, 0.15) is 15.9 Å². The first-order valence-electron chi connectivity index (χ1n) is 5.90. The molecule has 0 unspecified atom stereocenters. The van der Waals surface area contributed by atoms with Crippen molar-refractivity contribution in [3.8, 4) is 0 Å². The lowest BCUT2D eigenvalue weighted by Gasteiger charge is -2.07. The molecule has 0 fully saturated rings. The minimum atomic E-state index is -1.06. The van der Waals surface area contributed by atoms with Gasteiger partial charge < -0.3 is 5.32 Å². The Labute approximate surface area is 124 Å². The van der Waals surface area contributed by atoms with Gasteiger partial charge in [0, 0.05) is 22.3 Å². The molecule has 21 heavy (non-hydrogen) atoms. The molecule has 2 aromatic carbocycles. The molecule has 0 bridgehead atoms. The van der Waals surface area contributed by atoms with Gasteiger partial charge in [-0.05, 0) is 36.8 Å². The summed E-state index contributed by atoms with van der Waals surface area (Å²) in [5, 5.41) is 13.5. The Hall–Kier alpha value is -2.47. The van der Waals surface area contributed by atoms with E-state index in [1.807, 2.05) is 6.92 Å². The quantitative estimate of drug-likeness (QED) is 0.689. The molecule has 1 amide bonds. The molecule has 1 N–H and O–H groups in total. The fraction of sp³-hybridized carbons (Fsp3) is 0.0714. The molecule has 0 radical (unpaired) electrons. The summed E-state index contributed by atoms with van der Waals surface area (Å²) < 4.78 is 13.5. The van der Waals surface area contributed by atoms with E-state index in [1.54, 1.807) is 18.2 Å². The molecule has 2 aromatic rings. The summed E-state index contributed by atoms with van der Waals surface area (Å²) in [6.07, 6.45) is 0. The number of amides is 1. The number of nitrogens with zero attached hydrogens (tertiary/aromatic N) is 1. The Morgan fingerprint density at radius 2 is 2.00 bits per heavy atom. The first-order chi connectivity index (χ1) is 9.88. The Kier molecular flexibility index (Phi) is 4.18. The zero-order chi connectivity index (χ0) is 15.6. The summed E-state index contributed by atoms with van der Waals surface area (Å²) in [5.41, 5.74) is 0.616. The molecule has 7 heteroatoms. The highest BCUT2D eigenvalue weighted by atomic mass is 35.5. The predicted octanol–water partition coefficient (Wildman–Crippen LogP) is 3.95. The summed E-state index contributed by atoms with van der Waals surface area (Å²) in [7, 11) is 0. The van der Waals surface area contributed by atoms with Gasteiger partial charge in [0.25, 0.3) is 5.91 Å². The molecule has 0 saturated carbocycles. The van der Waals surface area contributed by atoms with Crippen LogP contribution in [0, 0.1) is 22.9 Å². The SMILES string of the molecule is Cc1ccc(NC(=O)c2ccc([N+](=O)[O-])c(F)c2)cc1Cl. The molecule has 5 nitrogen and oxygen atoms in total. The lowest BCUT2D eigenvalue weighted by molar-refractivity contribution is -0.387. The van der Waals surface area contributed by atoms with Crippen LogP contribution >= 0.6 is 11.6 Å². The first kappa shape index (κ1) is 14.9. The number of carbonyl (C=O) groups excluding carboxylic acids is 1. The van der Waals surface area contributed by atoms with Gasteiger partial charge in [-0.3, -0.25) is 14.9 Å². The zero-order valence-corrected chi connectivity index (χ0v) is 11.6. The lowest BCUT2D eigenvalue weighted by Crippen LogP contribution is -2.12. The van der Waals surface area contributed by atoms with E-state index < -0.39 is 22.3 Å². The van der Waals surface area contributed by atoms with E-state index in [1.165, 1.54) is 6.07 Å². The van der Waals surface area contributed by atoms with Crippen molar-refractivity contribution < 1.29 is 14.1 Å². The number of hydrogen-bond donors (Lipinski definition) is 1. The second-order valence-corrected chi connectivity index (χ2v) is 4.75. The number of halogens is 2. The maximum atomic E-state index is 13.5. The van der Waals surface area contributed by atoms with Crippen molar-refractivity contribution in [2.45, 2.75) is 6.92 Å². The van der Waals surface area contributed by atoms with E-state index in [9.17, 15) is 19.3 Å². The van der Waals surface area contributed by atoms with Crippen molar-refractivity contribution >= 4 is 28.9 Å². The van der Waals surface area contributed by atoms with Crippen LogP contribution in [0.3, 0.4) is 0 Å². The van der Waals surface area contributed by atoms with Gasteiger partial charge in [-0.15, -0.1) is 0 Å². The van der Waals surface area contributed by atoms with Gasteiger partial charge in [-0.2, -0.15) is 4.39 Å². The number of nitro benzene ring substituents is 1. The lowest BCUT2D eigenvalue weighted by atomic mass is 10.1. The maximum Gasteiger partial charge on any atom is 0.304 e. The van der Waals surface area contributed by atoms with Gasteiger partial charge >= 0.3 is 5.69 Å². The molecule has 0 aromatic heterocycles. The number of nitrogens with one attached hydrogen (secondary N) is 1. The molecule has 0 aliphatic rings. The number of benzene rings is 2. The van der Waals surface area contributed by atoms with Gasteiger partial charge in [0.1, 0.15) is 0 Å². The van der Waals surface area contributed by atoms with E-state index in [2.05, 4.69) is 5.32 Å². The second kappa shape index (κ2) is 5.88. The highest BCUT2D eigenvalue weighted by molar-refractivity contribution is 6.31. The van der Waals surface area contributed by atoms with Gasteiger partial charge in [0.05, 0.1) is 4.92 Å². The van der Waals surface area contributed by atoms with Gasteiger partial charge in [0.2, 0.25) is 5.82 Å². The zero-order valence-electron chi connectivity index (χ0n) is 10.9. The summed E-state index contributed by atoms with van der Waals surface area (Å²) in [6.45, 7) is 1.82. The molecule has 0 aliphatic heterocycles. The Balaban J connectivity index is 2.22. The van der Waals surface area contributed by atoms with Gasteiger partial charge in [-0.1, -0.05) is 17.7 Å². The fourth-order valence-electron chi connectivity index (χ4n) is 1.67. The number of hydrogen-bond acceptors (Lipinski definition) is 3. The molecule has 0 heterocycles. The highest BCUT2D eigenvalue weighted by Gasteiger charge is 2.16. The monoisotopic (exact) mass is 308 g/mol. The van der Waals surface area contributed by atoms with Crippen LogP contribution in [-0.4, -0.2) is 10.8 Å². The predicted molar refractivity (Wildman–Crippen MR) is 77.2 cm³/mol. The summed E-state index contributed by atoms with van der Waals surface area (Å²) in [5.74, 6) is -1.64. The van der Waals surface area contributed by atoms with Crippen molar-refractivity contribution in [2.75, 3.05) is 5.32 Å². The fourth-order valence-corrected chi connectivity index (χ4v) is 1.85. The minimum absolute atomic E-state index is 0.0187. The van der Waals surface area contributed by atoms with Crippen molar-refractivity contribution in [1.82, 2.24) is 0 Å². The number of anilines is 1. The minimum Gasteiger partial charge on any atom is -0.322 e. The van der Waals surface area contributed by atoms with Crippen molar-refractivity contribution in [2.24, 2.45) is 0 Å². The van der Waals surface area contributed by atoms with Crippen LogP contribution in [-0.2, 0) is 0 Å². The number of rotatable bonds is 3. The molecule has 108 valence electrons. The molecule has 0 aliphatic carbocycles. The molecule has 0 saturated heterocycles. The first-order valence-corrected chi connectivity index (χ1v) is 6.27. The standard InChI is InChI=1S/C14H10ClFN2O3/c1-8-2-4-10(7-11(8)15)17-14(19)9-3-5-13(18(20)21)12(16)6-9/h2-7H,1H3,(H,17,19). The number of nitro groups is 1. The van der Waals surface area contributed by atoms with Crippen LogP contribution < -0.4 is 5.32 Å². The Morgan fingerprint density at radius 3 is 2.57 bits per heavy atom. The molecular formula is C14H10ClFN2O3. The van der Waals surface area contributed by atoms with E-state index in [4.69, 9.17) is 11.6 Å². The largest absolute Gasteiger partial charge is 0.322 e. The third-order valence-electron chi connectivity index (χ3n) is 2.84. The van der Waals surface area contributed by atoms with E-state index in [0.717, 1.165) is 17.7 Å². The van der Waals surface area contributed by atoms with Crippen LogP contribution in [0.15, 0.2) is 36.4 Å². The Bertz CT molecular complexity index is 734. The summed E-state index contributed by atoms with van der Waals surface area (Å²) in [6, 6.07) is 7.91. The van der Waals surface area contributed by atoms with Crippen molar-refractivity contribution in [3.63, 3.8) is 0 Å². The van der Waals surface area contributed by atoms with E-state index in [-0.39, 0.29) is 5.56 Å². The van der Waals surface area contributed by atoms with Crippen LogP contribution in [0.25, 0.3) is 0 Å². The molecule has 2 rings (SSSR count). The highest BCUT2D eigenvalue weighted by Crippen LogP contribution is 2.22. The Morgan fingerprint density at radius 1 is 1.29 bits per heavy atom. The average Bonchev–Trinajstić information content (AvgIpc) is 2.42. The van der Waals surface area contributed by atoms with Crippen LogP contribution in [0.4, 0.5) is 15.8 Å². The van der Waals surface area contributed by atoms with Crippen molar-refractivity contribution in [1.29, 1.82) is 0 Å². The second-order valence-electron chi connectivity index (χ2n) is 4.34. The average molecular weight is 309 g/mol. The maximum absolute atomic E-state index is 13.5. The third kappa shape index (κ3) is 3.35. The third-order valence-corrected chi connectivity index (χ3v) is 3.24. The van der Waals surface area contributed by atoms with Crippen LogP contribution in [0.2, 0.25) is 5.02 Å². The van der Waals surface area contributed by atoms with E-state index in [0.29, 0.717) is 10.7 Å². The van der Waals surface area contributed by atoms with Gasteiger partial charge in [0.15, 0.2) is 0 Å². The summed E-state index contributed by atoms with van der Waals surface area (Å²) in [4.78, 5) is 21.6. The van der Waals surface area contributed by atoms with Gasteiger partial charge in [-0.25, -0.2) is 0 Å². The van der Waals surface area contributed by atoms with E-state index >= 15 is 0 Å². The summed E-state index contributed by atoms with van der Waals surface area (Å²) >= 11 is 5.94. The van der Waals surface area contributed by atoms with Crippen LogP contribution in [0.5, 0.6) is 0 Å².